The van der Waals surface area contributed by atoms with Crippen LogP contribution in [0.25, 0.3) is 5.70 Å². The van der Waals surface area contributed by atoms with E-state index in [-0.39, 0.29) is 16.8 Å². The molecule has 0 fully saturated rings. The third-order valence-electron chi connectivity index (χ3n) is 5.50. The summed E-state index contributed by atoms with van der Waals surface area (Å²) in [4.78, 5) is 37.4. The fourth-order valence-corrected chi connectivity index (χ4v) is 3.71. The van der Waals surface area contributed by atoms with Crippen molar-refractivity contribution < 1.29 is 14.3 Å². The number of allylic oxidation sites excluding steroid dienone is 1. The van der Waals surface area contributed by atoms with Crippen molar-refractivity contribution in [2.45, 2.75) is 39.3 Å². The van der Waals surface area contributed by atoms with Crippen LogP contribution in [-0.2, 0) is 28.1 Å². The van der Waals surface area contributed by atoms with Gasteiger partial charge in [0, 0.05) is 29.1 Å². The Labute approximate surface area is 211 Å². The van der Waals surface area contributed by atoms with Crippen molar-refractivity contribution in [1.82, 2.24) is 19.7 Å². The summed E-state index contributed by atoms with van der Waals surface area (Å²) in [7, 11) is 2.57. The Morgan fingerprint density at radius 3 is 2.72 bits per heavy atom. The first-order chi connectivity index (χ1) is 17.1. The Hall–Kier alpha value is -3.75. The molecule has 3 heterocycles. The first-order valence-corrected chi connectivity index (χ1v) is 11.9. The van der Waals surface area contributed by atoms with E-state index >= 15 is 0 Å². The van der Waals surface area contributed by atoms with Crippen LogP contribution in [-0.4, -0.2) is 44.3 Å². The minimum atomic E-state index is -0.394. The molecule has 3 aromatic rings. The fraction of sp³-hybridized carbons (Fsp3) is 0.280. The molecule has 0 spiro atoms. The Bertz CT molecular complexity index is 1330. The number of ether oxygens (including phenoxy) is 1. The highest BCUT2D eigenvalue weighted by Crippen LogP contribution is 2.21. The lowest BCUT2D eigenvalue weighted by molar-refractivity contribution is -0.102. The van der Waals surface area contributed by atoms with Gasteiger partial charge < -0.3 is 15.8 Å². The quantitative estimate of drug-likeness (QED) is 0.298. The highest BCUT2D eigenvalue weighted by Gasteiger charge is 2.18. The van der Waals surface area contributed by atoms with Gasteiger partial charge in [-0.1, -0.05) is 32.9 Å². The van der Waals surface area contributed by atoms with E-state index in [0.717, 1.165) is 16.7 Å². The van der Waals surface area contributed by atoms with Crippen LogP contribution in [0.1, 0.15) is 48.2 Å². The summed E-state index contributed by atoms with van der Waals surface area (Å²) < 4.78 is 7.22. The minimum Gasteiger partial charge on any atom is -0.398 e. The topological polar surface area (TPSA) is 137 Å². The summed E-state index contributed by atoms with van der Waals surface area (Å²) in [5.41, 5.74) is 9.58. The van der Waals surface area contributed by atoms with Crippen LogP contribution >= 0.6 is 9.24 Å². The summed E-state index contributed by atoms with van der Waals surface area (Å²) in [5.74, 6) is 0.0164. The van der Waals surface area contributed by atoms with E-state index in [1.807, 2.05) is 25.5 Å². The number of carbonyl (C=O) groups is 2. The van der Waals surface area contributed by atoms with Crippen molar-refractivity contribution in [3.63, 3.8) is 0 Å². The normalized spacial score (nSPS) is 14.3. The summed E-state index contributed by atoms with van der Waals surface area (Å²) in [6.07, 6.45) is 5.16. The molecule has 1 unspecified atom stereocenters. The number of hydrogen-bond donors (Lipinski definition) is 2. The number of hydrogen-bond acceptors (Lipinski definition) is 8. The molecule has 4 rings (SSSR count). The molecule has 1 amide bonds. The van der Waals surface area contributed by atoms with Gasteiger partial charge in [-0.3, -0.25) is 19.3 Å². The Balaban J connectivity index is 1.53. The number of anilines is 1. The number of carbonyl (C=O) groups excluding carboxylic acids is 2. The van der Waals surface area contributed by atoms with Gasteiger partial charge in [0.1, 0.15) is 11.4 Å². The van der Waals surface area contributed by atoms with Gasteiger partial charge in [-0.2, -0.15) is 5.10 Å². The van der Waals surface area contributed by atoms with Gasteiger partial charge in [0.25, 0.3) is 5.91 Å². The molecule has 0 saturated carbocycles. The predicted octanol–water partition coefficient (Wildman–Crippen LogP) is 2.52. The minimum absolute atomic E-state index is 0.124. The van der Waals surface area contributed by atoms with Crippen LogP contribution in [0.4, 0.5) is 11.5 Å². The number of nitrogens with two attached hydrogens (primary N) is 1. The number of aromatic nitrogens is 4. The average molecular weight is 506 g/mol. The van der Waals surface area contributed by atoms with E-state index in [1.165, 1.54) is 12.3 Å². The molecule has 2 aromatic heterocycles. The molecule has 0 aliphatic carbocycles. The number of benzene rings is 1. The molecule has 11 heteroatoms. The lowest BCUT2D eigenvalue weighted by Crippen LogP contribution is -2.20. The second-order valence-electron chi connectivity index (χ2n) is 9.32. The number of aldehydes is 1. The van der Waals surface area contributed by atoms with Crippen molar-refractivity contribution in [3.8, 4) is 0 Å². The number of aliphatic imine (C=N–C) groups is 1. The van der Waals surface area contributed by atoms with Crippen LogP contribution in [0.15, 0.2) is 47.7 Å². The molecule has 3 N–H and O–H groups in total. The van der Waals surface area contributed by atoms with E-state index < -0.39 is 5.91 Å². The molecule has 1 aliphatic heterocycles. The summed E-state index contributed by atoms with van der Waals surface area (Å²) in [6.45, 7) is 7.77. The predicted molar refractivity (Wildman–Crippen MR) is 142 cm³/mol. The zero-order valence-corrected chi connectivity index (χ0v) is 21.5. The maximum absolute atomic E-state index is 12.8. The van der Waals surface area contributed by atoms with E-state index in [1.54, 1.807) is 30.5 Å². The second kappa shape index (κ2) is 10.5. The lowest BCUT2D eigenvalue weighted by atomic mass is 9.93. The second-order valence-corrected chi connectivity index (χ2v) is 9.94. The smallest absolute Gasteiger partial charge is 0.275 e. The first-order valence-electron chi connectivity index (χ1n) is 11.3. The monoisotopic (exact) mass is 505 g/mol. The third kappa shape index (κ3) is 5.90. The Morgan fingerprint density at radius 1 is 1.25 bits per heavy atom. The zero-order chi connectivity index (χ0) is 25.9. The summed E-state index contributed by atoms with van der Waals surface area (Å²) in [5, 5.41) is 7.99. The molecular formula is C25H28N7O3P. The largest absolute Gasteiger partial charge is 0.398 e. The SMILES string of the molecule is CC(C)(C)c1cnc(C(=O)Nc2cc(C(N)=CC(C=O)=Nc3cc4n(n3)CCOC4)ccc2P)cn1. The highest BCUT2D eigenvalue weighted by molar-refractivity contribution is 7.28. The lowest BCUT2D eigenvalue weighted by Gasteiger charge is -2.17. The number of fused-ring (bicyclic) bond motifs is 1. The van der Waals surface area contributed by atoms with Gasteiger partial charge in [0.05, 0.1) is 37.3 Å². The Morgan fingerprint density at radius 2 is 2.06 bits per heavy atom. The molecule has 36 heavy (non-hydrogen) atoms. The van der Waals surface area contributed by atoms with Crippen LogP contribution in [0, 0.1) is 0 Å². The molecule has 1 aromatic carbocycles. The molecule has 10 nitrogen and oxygen atoms in total. The number of nitrogens with zero attached hydrogens (tertiary/aromatic N) is 5. The van der Waals surface area contributed by atoms with Gasteiger partial charge in [-0.05, 0) is 23.0 Å². The van der Waals surface area contributed by atoms with Crippen LogP contribution in [0.3, 0.4) is 0 Å². The molecule has 0 radical (unpaired) electrons. The van der Waals surface area contributed by atoms with Gasteiger partial charge >= 0.3 is 0 Å². The molecular weight excluding hydrogens is 477 g/mol. The maximum Gasteiger partial charge on any atom is 0.275 e. The van der Waals surface area contributed by atoms with Crippen molar-refractivity contribution in [3.05, 3.63) is 65.4 Å². The summed E-state index contributed by atoms with van der Waals surface area (Å²) in [6, 6.07) is 7.08. The average Bonchev–Trinajstić information content (AvgIpc) is 3.26. The highest BCUT2D eigenvalue weighted by atomic mass is 31.0. The molecule has 0 bridgehead atoms. The van der Waals surface area contributed by atoms with Gasteiger partial charge in [0.2, 0.25) is 0 Å². The van der Waals surface area contributed by atoms with Crippen molar-refractivity contribution in [1.29, 1.82) is 0 Å². The van der Waals surface area contributed by atoms with Gasteiger partial charge in [0.15, 0.2) is 12.1 Å². The number of rotatable bonds is 6. The maximum atomic E-state index is 12.8. The van der Waals surface area contributed by atoms with Crippen LogP contribution in [0.5, 0.6) is 0 Å². The van der Waals surface area contributed by atoms with Crippen molar-refractivity contribution >= 4 is 49.7 Å². The molecule has 1 atom stereocenters. The van der Waals surface area contributed by atoms with Crippen LogP contribution < -0.4 is 16.4 Å². The van der Waals surface area contributed by atoms with E-state index in [2.05, 4.69) is 34.6 Å². The van der Waals surface area contributed by atoms with Crippen molar-refractivity contribution in [2.24, 2.45) is 10.7 Å². The third-order valence-corrected chi connectivity index (χ3v) is 6.01. The molecule has 1 aliphatic rings. The van der Waals surface area contributed by atoms with Gasteiger partial charge in [-0.15, -0.1) is 9.24 Å². The van der Waals surface area contributed by atoms with Crippen molar-refractivity contribution in [2.75, 3.05) is 11.9 Å². The van der Waals surface area contributed by atoms with E-state index in [4.69, 9.17) is 10.5 Å². The van der Waals surface area contributed by atoms with Gasteiger partial charge in [-0.25, -0.2) is 9.98 Å². The first kappa shape index (κ1) is 25.3. The summed E-state index contributed by atoms with van der Waals surface area (Å²) >= 11 is 0. The zero-order valence-electron chi connectivity index (χ0n) is 20.4. The van der Waals surface area contributed by atoms with E-state index in [9.17, 15) is 9.59 Å². The number of amides is 1. The molecule has 0 saturated heterocycles. The van der Waals surface area contributed by atoms with E-state index in [0.29, 0.717) is 48.8 Å². The molecule has 186 valence electrons. The number of nitrogens with one attached hydrogen (secondary N) is 1. The standard InChI is InChI=1S/C25H28N7O3P/c1-25(2,3)22-12-27-20(11-28-22)24(34)30-19-8-15(4-5-21(19)36)18(26)9-16(13-33)29-23-10-17-14-35-7-6-32(17)31-23/h4-5,8-13H,6-7,14,26,36H2,1-3H3,(H,30,34). The fourth-order valence-electron chi connectivity index (χ4n) is 3.46. The Kier molecular flexibility index (Phi) is 7.37. The van der Waals surface area contributed by atoms with Crippen LogP contribution in [0.2, 0.25) is 0 Å².